The monoisotopic (exact) mass is 242 g/mol. The van der Waals surface area contributed by atoms with Gasteiger partial charge < -0.3 is 5.11 Å². The van der Waals surface area contributed by atoms with Gasteiger partial charge in [0.1, 0.15) is 0 Å². The number of aliphatic hydroxyl groups excluding tert-OH is 1. The lowest BCUT2D eigenvalue weighted by atomic mass is 10.1. The number of rotatable bonds is 2. The summed E-state index contributed by atoms with van der Waals surface area (Å²) in [6.45, 7) is -0.0718. The van der Waals surface area contributed by atoms with E-state index in [-0.39, 0.29) is 6.61 Å². The molecule has 0 saturated heterocycles. The van der Waals surface area contributed by atoms with Crippen molar-refractivity contribution in [2.24, 2.45) is 0 Å². The third kappa shape index (κ3) is 3.93. The van der Waals surface area contributed by atoms with Crippen molar-refractivity contribution < 1.29 is 23.1 Å². The molecule has 0 bridgehead atoms. The Hall–Kier alpha value is -1.80. The molecule has 0 aliphatic heterocycles. The second-order valence-corrected chi connectivity index (χ2v) is 3.18. The highest BCUT2D eigenvalue weighted by Gasteiger charge is 2.38. The topological polar surface area (TPSA) is 37.3 Å². The number of halogens is 3. The highest BCUT2D eigenvalue weighted by Crippen LogP contribution is 2.21. The van der Waals surface area contributed by atoms with Gasteiger partial charge in [-0.3, -0.25) is 4.79 Å². The summed E-state index contributed by atoms with van der Waals surface area (Å²) in [6.07, 6.45) is -4.56. The molecule has 0 spiro atoms. The summed E-state index contributed by atoms with van der Waals surface area (Å²) in [4.78, 5) is 10.8. The van der Waals surface area contributed by atoms with Crippen LogP contribution in [0.3, 0.4) is 0 Å². The third-order valence-electron chi connectivity index (χ3n) is 1.87. The van der Waals surface area contributed by atoms with Crippen LogP contribution in [0.15, 0.2) is 24.3 Å². The number of Topliss-reactive ketones (excluding diaryl/α,β-unsaturated/α-hetero) is 1. The van der Waals surface area contributed by atoms with E-state index in [1.54, 1.807) is 0 Å². The molecule has 0 aliphatic rings. The molecule has 1 rings (SSSR count). The normalized spacial score (nSPS) is 10.6. The highest BCUT2D eigenvalue weighted by molar-refractivity contribution is 6.00. The quantitative estimate of drug-likeness (QED) is 0.637. The van der Waals surface area contributed by atoms with Crippen LogP contribution < -0.4 is 0 Å². The highest BCUT2D eigenvalue weighted by atomic mass is 19.4. The lowest BCUT2D eigenvalue weighted by Crippen LogP contribution is -2.22. The summed E-state index contributed by atoms with van der Waals surface area (Å²) in [5, 5.41) is 8.48. The van der Waals surface area contributed by atoms with Crippen LogP contribution in [0.1, 0.15) is 22.3 Å². The standard InChI is InChI=1S/C12H9F3O2/c13-12(14,15)11(17)10-6-4-9(5-7-10)3-1-2-8-16/h4-7,16H,2,8H2. The zero-order chi connectivity index (χ0) is 12.9. The first-order valence-electron chi connectivity index (χ1n) is 4.76. The summed E-state index contributed by atoms with van der Waals surface area (Å²) in [5.74, 6) is 3.40. The van der Waals surface area contributed by atoms with Gasteiger partial charge in [-0.05, 0) is 24.3 Å². The fourth-order valence-corrected chi connectivity index (χ4v) is 1.09. The fourth-order valence-electron chi connectivity index (χ4n) is 1.09. The maximum Gasteiger partial charge on any atom is 0.454 e. The lowest BCUT2D eigenvalue weighted by Gasteiger charge is -2.04. The van der Waals surface area contributed by atoms with Crippen molar-refractivity contribution in [3.8, 4) is 11.8 Å². The Labute approximate surface area is 96.1 Å². The molecule has 0 aliphatic carbocycles. The van der Waals surface area contributed by atoms with Crippen molar-refractivity contribution in [1.82, 2.24) is 0 Å². The molecule has 5 heteroatoms. The Morgan fingerprint density at radius 2 is 1.82 bits per heavy atom. The first-order valence-corrected chi connectivity index (χ1v) is 4.76. The van der Waals surface area contributed by atoms with E-state index in [2.05, 4.69) is 11.8 Å². The molecule has 1 aromatic carbocycles. The number of hydrogen-bond acceptors (Lipinski definition) is 2. The smallest absolute Gasteiger partial charge is 0.395 e. The molecule has 1 N–H and O–H groups in total. The van der Waals surface area contributed by atoms with Gasteiger partial charge in [0.2, 0.25) is 0 Å². The molecule has 0 amide bonds. The van der Waals surface area contributed by atoms with E-state index in [0.717, 1.165) is 12.1 Å². The van der Waals surface area contributed by atoms with Crippen LogP contribution in [0.5, 0.6) is 0 Å². The molecular formula is C12H9F3O2. The minimum Gasteiger partial charge on any atom is -0.395 e. The van der Waals surface area contributed by atoms with Gasteiger partial charge in [0.05, 0.1) is 6.61 Å². The summed E-state index contributed by atoms with van der Waals surface area (Å²) >= 11 is 0. The van der Waals surface area contributed by atoms with Gasteiger partial charge in [-0.25, -0.2) is 0 Å². The average molecular weight is 242 g/mol. The van der Waals surface area contributed by atoms with Crippen LogP contribution in [-0.4, -0.2) is 23.7 Å². The molecule has 0 radical (unpaired) electrons. The van der Waals surface area contributed by atoms with Gasteiger partial charge in [0.25, 0.3) is 5.78 Å². The van der Waals surface area contributed by atoms with Crippen molar-refractivity contribution in [3.63, 3.8) is 0 Å². The van der Waals surface area contributed by atoms with Crippen LogP contribution in [0.4, 0.5) is 13.2 Å². The van der Waals surface area contributed by atoms with Gasteiger partial charge in [-0.1, -0.05) is 11.8 Å². The molecule has 2 nitrogen and oxygen atoms in total. The van der Waals surface area contributed by atoms with E-state index in [1.807, 2.05) is 0 Å². The van der Waals surface area contributed by atoms with Crippen LogP contribution in [0, 0.1) is 11.8 Å². The molecular weight excluding hydrogens is 233 g/mol. The Morgan fingerprint density at radius 1 is 1.24 bits per heavy atom. The van der Waals surface area contributed by atoms with Gasteiger partial charge in [0, 0.05) is 17.5 Å². The number of alkyl halides is 3. The predicted molar refractivity (Wildman–Crippen MR) is 55.4 cm³/mol. The van der Waals surface area contributed by atoms with Crippen LogP contribution in [0.25, 0.3) is 0 Å². The molecule has 1 aromatic rings. The van der Waals surface area contributed by atoms with Crippen molar-refractivity contribution in [2.45, 2.75) is 12.6 Å². The maximum absolute atomic E-state index is 12.1. The second kappa shape index (κ2) is 5.51. The summed E-state index contributed by atoms with van der Waals surface area (Å²) in [5.41, 5.74) is 0.0855. The zero-order valence-electron chi connectivity index (χ0n) is 8.71. The molecule has 0 heterocycles. The van der Waals surface area contributed by atoms with Crippen LogP contribution in [0.2, 0.25) is 0 Å². The van der Waals surface area contributed by atoms with E-state index < -0.39 is 17.5 Å². The molecule has 17 heavy (non-hydrogen) atoms. The van der Waals surface area contributed by atoms with Gasteiger partial charge in [0.15, 0.2) is 0 Å². The van der Waals surface area contributed by atoms with Crippen molar-refractivity contribution in [1.29, 1.82) is 0 Å². The number of carbonyl (C=O) groups is 1. The Bertz CT molecular complexity index is 449. The maximum atomic E-state index is 12.1. The zero-order valence-corrected chi connectivity index (χ0v) is 8.71. The number of carbonyl (C=O) groups excluding carboxylic acids is 1. The lowest BCUT2D eigenvalue weighted by molar-refractivity contribution is -0.0885. The first kappa shape index (κ1) is 13.3. The van der Waals surface area contributed by atoms with E-state index in [1.165, 1.54) is 12.1 Å². The molecule has 0 atom stereocenters. The molecule has 90 valence electrons. The Kier molecular flexibility index (Phi) is 4.30. The fraction of sp³-hybridized carbons (Fsp3) is 0.250. The first-order chi connectivity index (χ1) is 7.95. The molecule has 0 aromatic heterocycles. The Balaban J connectivity index is 2.83. The van der Waals surface area contributed by atoms with E-state index in [4.69, 9.17) is 5.11 Å². The molecule has 0 unspecified atom stereocenters. The van der Waals surface area contributed by atoms with Gasteiger partial charge >= 0.3 is 6.18 Å². The molecule has 0 fully saturated rings. The molecule has 0 saturated carbocycles. The van der Waals surface area contributed by atoms with Gasteiger partial charge in [-0.15, -0.1) is 0 Å². The minimum atomic E-state index is -4.86. The average Bonchev–Trinajstić information content (AvgIpc) is 2.28. The summed E-state index contributed by atoms with van der Waals surface area (Å²) in [6, 6.07) is 4.84. The number of hydrogen-bond donors (Lipinski definition) is 1. The van der Waals surface area contributed by atoms with E-state index in [9.17, 15) is 18.0 Å². The number of aliphatic hydroxyl groups is 1. The van der Waals surface area contributed by atoms with Crippen molar-refractivity contribution in [3.05, 3.63) is 35.4 Å². The van der Waals surface area contributed by atoms with Crippen LogP contribution >= 0.6 is 0 Å². The largest absolute Gasteiger partial charge is 0.454 e. The third-order valence-corrected chi connectivity index (χ3v) is 1.87. The Morgan fingerprint density at radius 3 is 2.29 bits per heavy atom. The summed E-state index contributed by atoms with van der Waals surface area (Å²) < 4.78 is 36.2. The van der Waals surface area contributed by atoms with Gasteiger partial charge in [-0.2, -0.15) is 13.2 Å². The predicted octanol–water partition coefficient (Wildman–Crippen LogP) is 2.17. The van der Waals surface area contributed by atoms with Crippen molar-refractivity contribution >= 4 is 5.78 Å². The second-order valence-electron chi connectivity index (χ2n) is 3.18. The number of ketones is 1. The van der Waals surface area contributed by atoms with Crippen molar-refractivity contribution in [2.75, 3.05) is 6.61 Å². The number of benzene rings is 1. The minimum absolute atomic E-state index is 0.0718. The van der Waals surface area contributed by atoms with E-state index in [0.29, 0.717) is 12.0 Å². The van der Waals surface area contributed by atoms with Crippen LogP contribution in [-0.2, 0) is 0 Å². The SMILES string of the molecule is O=C(c1ccc(C#CCCO)cc1)C(F)(F)F. The summed E-state index contributed by atoms with van der Waals surface area (Å²) in [7, 11) is 0. The van der Waals surface area contributed by atoms with E-state index >= 15 is 0 Å².